The zero-order valence-electron chi connectivity index (χ0n) is 15.9. The standard InChI is InChI=1S/C20H34O2Si/c1-13(2)16-11-18(17-10-8-9-14(3)20(17)21)15(4)19(12-16)22-23(5,6)7/h14,16-18H,1,8-12H2,2-7H3/t14-,16-,17-,18-/m1/s1. The van der Waals surface area contributed by atoms with Gasteiger partial charge in [0.25, 0.3) is 0 Å². The Hall–Kier alpha value is -0.833. The van der Waals surface area contributed by atoms with Gasteiger partial charge in [-0.3, -0.25) is 4.79 Å². The lowest BCUT2D eigenvalue weighted by molar-refractivity contribution is -0.130. The molecule has 130 valence electrons. The van der Waals surface area contributed by atoms with Crippen molar-refractivity contribution in [3.63, 3.8) is 0 Å². The first-order valence-electron chi connectivity index (χ1n) is 9.18. The third-order valence-electron chi connectivity index (χ3n) is 5.58. The van der Waals surface area contributed by atoms with Crippen molar-refractivity contribution in [2.75, 3.05) is 0 Å². The van der Waals surface area contributed by atoms with Crippen molar-refractivity contribution < 1.29 is 9.22 Å². The second kappa shape index (κ2) is 6.96. The van der Waals surface area contributed by atoms with Gasteiger partial charge in [-0.1, -0.05) is 25.5 Å². The van der Waals surface area contributed by atoms with Crippen molar-refractivity contribution in [3.05, 3.63) is 23.5 Å². The Morgan fingerprint density at radius 1 is 1.22 bits per heavy atom. The van der Waals surface area contributed by atoms with Crippen molar-refractivity contribution in [1.29, 1.82) is 0 Å². The van der Waals surface area contributed by atoms with Crippen molar-refractivity contribution in [2.24, 2.45) is 23.7 Å². The van der Waals surface area contributed by atoms with Crippen LogP contribution in [0.25, 0.3) is 0 Å². The first-order chi connectivity index (χ1) is 10.6. The monoisotopic (exact) mass is 334 g/mol. The number of hydrogen-bond acceptors (Lipinski definition) is 2. The predicted molar refractivity (Wildman–Crippen MR) is 99.7 cm³/mol. The van der Waals surface area contributed by atoms with Crippen LogP contribution in [-0.2, 0) is 9.22 Å². The van der Waals surface area contributed by atoms with E-state index in [1.165, 1.54) is 23.3 Å². The molecule has 23 heavy (non-hydrogen) atoms. The number of Topliss-reactive ketones (excluding diaryl/α,β-unsaturated/α-hetero) is 1. The van der Waals surface area contributed by atoms with E-state index in [4.69, 9.17) is 4.43 Å². The molecule has 0 aromatic carbocycles. The van der Waals surface area contributed by atoms with E-state index >= 15 is 0 Å². The molecule has 0 saturated heterocycles. The summed E-state index contributed by atoms with van der Waals surface area (Å²) < 4.78 is 6.42. The molecule has 0 unspecified atom stereocenters. The lowest BCUT2D eigenvalue weighted by atomic mass is 9.66. The fraction of sp³-hybridized carbons (Fsp3) is 0.750. The first kappa shape index (κ1) is 18.5. The molecule has 2 nitrogen and oxygen atoms in total. The van der Waals surface area contributed by atoms with Crippen LogP contribution in [0.3, 0.4) is 0 Å². The molecule has 0 radical (unpaired) electrons. The molecular formula is C20H34O2Si. The second-order valence-electron chi connectivity index (χ2n) is 8.75. The third kappa shape index (κ3) is 4.37. The molecule has 0 aliphatic heterocycles. The highest BCUT2D eigenvalue weighted by Gasteiger charge is 2.40. The van der Waals surface area contributed by atoms with Crippen LogP contribution in [0.4, 0.5) is 0 Å². The molecule has 0 amide bonds. The maximum absolute atomic E-state index is 12.8. The predicted octanol–water partition coefficient (Wildman–Crippen LogP) is 5.72. The van der Waals surface area contributed by atoms with Crippen LogP contribution in [0.15, 0.2) is 23.5 Å². The molecule has 2 aliphatic carbocycles. The van der Waals surface area contributed by atoms with Crippen LogP contribution in [-0.4, -0.2) is 14.1 Å². The lowest BCUT2D eigenvalue weighted by Gasteiger charge is -2.40. The van der Waals surface area contributed by atoms with Crippen LogP contribution >= 0.6 is 0 Å². The summed E-state index contributed by atoms with van der Waals surface area (Å²) in [5, 5.41) is 0. The van der Waals surface area contributed by atoms with E-state index in [2.05, 4.69) is 47.0 Å². The van der Waals surface area contributed by atoms with Gasteiger partial charge in [-0.05, 0) is 70.2 Å². The number of allylic oxidation sites excluding steroid dienone is 3. The van der Waals surface area contributed by atoms with Crippen molar-refractivity contribution in [3.8, 4) is 0 Å². The fourth-order valence-electron chi connectivity index (χ4n) is 4.18. The van der Waals surface area contributed by atoms with Crippen LogP contribution in [0, 0.1) is 23.7 Å². The SMILES string of the molecule is C=C(C)[C@H]1CC(O[Si](C)(C)C)=C(C)[C@H]([C@H]2CCC[C@@H](C)C2=O)C1. The zero-order chi connectivity index (χ0) is 17.4. The Kier molecular flexibility index (Phi) is 5.60. The number of hydrogen-bond donors (Lipinski definition) is 0. The molecule has 1 saturated carbocycles. The van der Waals surface area contributed by atoms with Gasteiger partial charge in [-0.15, -0.1) is 0 Å². The highest BCUT2D eigenvalue weighted by molar-refractivity contribution is 6.70. The van der Waals surface area contributed by atoms with Gasteiger partial charge in [0.1, 0.15) is 5.78 Å². The summed E-state index contributed by atoms with van der Waals surface area (Å²) in [4.78, 5) is 12.8. The zero-order valence-corrected chi connectivity index (χ0v) is 16.9. The number of carbonyl (C=O) groups excluding carboxylic acids is 1. The van der Waals surface area contributed by atoms with Gasteiger partial charge in [0.05, 0.1) is 5.76 Å². The first-order valence-corrected chi connectivity index (χ1v) is 12.6. The molecule has 1 fully saturated rings. The summed E-state index contributed by atoms with van der Waals surface area (Å²) in [7, 11) is -1.63. The second-order valence-corrected chi connectivity index (χ2v) is 13.2. The Bertz CT molecular complexity index is 512. The minimum Gasteiger partial charge on any atom is -0.547 e. The topological polar surface area (TPSA) is 26.3 Å². The molecule has 0 N–H and O–H groups in total. The van der Waals surface area contributed by atoms with E-state index in [9.17, 15) is 4.79 Å². The van der Waals surface area contributed by atoms with E-state index < -0.39 is 8.32 Å². The molecule has 0 aromatic rings. The molecule has 3 heteroatoms. The average molecular weight is 335 g/mol. The van der Waals surface area contributed by atoms with Gasteiger partial charge >= 0.3 is 0 Å². The lowest BCUT2D eigenvalue weighted by Crippen LogP contribution is -2.37. The van der Waals surface area contributed by atoms with E-state index in [1.54, 1.807) is 0 Å². The minimum atomic E-state index is -1.63. The third-order valence-corrected chi connectivity index (χ3v) is 6.44. The molecule has 2 aliphatic rings. The van der Waals surface area contributed by atoms with Crippen LogP contribution in [0.2, 0.25) is 19.6 Å². The maximum Gasteiger partial charge on any atom is 0.241 e. The molecular weight excluding hydrogens is 300 g/mol. The van der Waals surface area contributed by atoms with Crippen molar-refractivity contribution in [1.82, 2.24) is 0 Å². The van der Waals surface area contributed by atoms with Gasteiger partial charge in [0.15, 0.2) is 0 Å². The summed E-state index contributed by atoms with van der Waals surface area (Å²) in [6.45, 7) is 17.3. The normalized spacial score (nSPS) is 32.9. The number of carbonyl (C=O) groups is 1. The van der Waals surface area contributed by atoms with E-state index in [0.717, 1.165) is 25.7 Å². The van der Waals surface area contributed by atoms with Crippen molar-refractivity contribution >= 4 is 14.1 Å². The summed E-state index contributed by atoms with van der Waals surface area (Å²) in [6, 6.07) is 0. The quantitative estimate of drug-likeness (QED) is 0.485. The largest absolute Gasteiger partial charge is 0.547 e. The van der Waals surface area contributed by atoms with E-state index in [-0.39, 0.29) is 11.8 Å². The molecule has 0 spiro atoms. The summed E-state index contributed by atoms with van der Waals surface area (Å²) in [5.74, 6) is 2.89. The summed E-state index contributed by atoms with van der Waals surface area (Å²) >= 11 is 0. The molecule has 4 atom stereocenters. The molecule has 2 rings (SSSR count). The number of rotatable bonds is 4. The van der Waals surface area contributed by atoms with Crippen molar-refractivity contribution in [2.45, 2.75) is 72.5 Å². The molecule has 0 aromatic heterocycles. The van der Waals surface area contributed by atoms with Gasteiger partial charge in [-0.2, -0.15) is 0 Å². The van der Waals surface area contributed by atoms with Crippen LogP contribution in [0.5, 0.6) is 0 Å². The smallest absolute Gasteiger partial charge is 0.241 e. The average Bonchev–Trinajstić information content (AvgIpc) is 2.43. The van der Waals surface area contributed by atoms with Gasteiger partial charge in [0, 0.05) is 18.3 Å². The highest BCUT2D eigenvalue weighted by atomic mass is 28.4. The Morgan fingerprint density at radius 3 is 2.43 bits per heavy atom. The fourth-order valence-corrected chi connectivity index (χ4v) is 5.17. The van der Waals surface area contributed by atoms with Gasteiger partial charge in [0.2, 0.25) is 8.32 Å². The van der Waals surface area contributed by atoms with Crippen LogP contribution in [0.1, 0.15) is 52.9 Å². The number of ketones is 1. The van der Waals surface area contributed by atoms with Crippen LogP contribution < -0.4 is 0 Å². The summed E-state index contributed by atoms with van der Waals surface area (Å²) in [6.07, 6.45) is 5.34. The Balaban J connectivity index is 2.33. The molecule has 0 heterocycles. The van der Waals surface area contributed by atoms with Gasteiger partial charge < -0.3 is 4.43 Å². The van der Waals surface area contributed by atoms with E-state index in [0.29, 0.717) is 17.6 Å². The highest BCUT2D eigenvalue weighted by Crippen LogP contribution is 2.45. The molecule has 0 bridgehead atoms. The van der Waals surface area contributed by atoms with Gasteiger partial charge in [-0.25, -0.2) is 0 Å². The van der Waals surface area contributed by atoms with E-state index in [1.807, 2.05) is 0 Å². The maximum atomic E-state index is 12.8. The summed E-state index contributed by atoms with van der Waals surface area (Å²) in [5.41, 5.74) is 2.58. The minimum absolute atomic E-state index is 0.195. The Morgan fingerprint density at radius 2 is 1.87 bits per heavy atom. The Labute approximate surface area is 143 Å².